The Morgan fingerprint density at radius 2 is 2.00 bits per heavy atom. The molecule has 0 aromatic heterocycles. The zero-order valence-electron chi connectivity index (χ0n) is 10.8. The predicted molar refractivity (Wildman–Crippen MR) is 65.6 cm³/mol. The van der Waals surface area contributed by atoms with E-state index in [2.05, 4.69) is 0 Å². The summed E-state index contributed by atoms with van der Waals surface area (Å²) >= 11 is 0. The highest BCUT2D eigenvalue weighted by Crippen LogP contribution is 2.35. The van der Waals surface area contributed by atoms with Crippen LogP contribution in [0, 0.1) is 0 Å². The number of aliphatic carboxylic acids is 2. The van der Waals surface area contributed by atoms with Gasteiger partial charge in [0.25, 0.3) is 0 Å². The summed E-state index contributed by atoms with van der Waals surface area (Å²) in [6, 6.07) is 0. The van der Waals surface area contributed by atoms with Gasteiger partial charge < -0.3 is 25.4 Å². The molecule has 19 heavy (non-hydrogen) atoms. The van der Waals surface area contributed by atoms with Crippen LogP contribution in [-0.2, 0) is 19.1 Å². The van der Waals surface area contributed by atoms with E-state index in [1.165, 1.54) is 32.3 Å². The van der Waals surface area contributed by atoms with Crippen LogP contribution in [0.3, 0.4) is 0 Å². The van der Waals surface area contributed by atoms with Gasteiger partial charge in [0.2, 0.25) is 5.60 Å². The second-order valence-electron chi connectivity index (χ2n) is 4.33. The monoisotopic (exact) mass is 271 g/mol. The first-order valence-corrected chi connectivity index (χ1v) is 5.58. The van der Waals surface area contributed by atoms with Crippen LogP contribution in [0.4, 0.5) is 0 Å². The Labute approximate surface area is 110 Å². The van der Waals surface area contributed by atoms with E-state index in [0.29, 0.717) is 0 Å². The van der Waals surface area contributed by atoms with Gasteiger partial charge in [0.15, 0.2) is 0 Å². The predicted octanol–water partition coefficient (Wildman–Crippen LogP) is -0.229. The lowest BCUT2D eigenvalue weighted by atomic mass is 9.73. The zero-order chi connectivity index (χ0) is 14.7. The van der Waals surface area contributed by atoms with E-state index in [0.717, 1.165) is 0 Å². The van der Waals surface area contributed by atoms with Gasteiger partial charge in [-0.1, -0.05) is 6.08 Å². The van der Waals surface area contributed by atoms with Crippen molar-refractivity contribution in [3.05, 3.63) is 23.8 Å². The molecule has 0 aliphatic heterocycles. The minimum atomic E-state index is -1.94. The lowest BCUT2D eigenvalue weighted by molar-refractivity contribution is -0.167. The van der Waals surface area contributed by atoms with Crippen LogP contribution >= 0.6 is 0 Å². The van der Waals surface area contributed by atoms with Crippen LogP contribution < -0.4 is 5.73 Å². The molecule has 0 fully saturated rings. The van der Waals surface area contributed by atoms with Crippen molar-refractivity contribution in [3.63, 3.8) is 0 Å². The first kappa shape index (κ1) is 15.4. The third-order valence-electron chi connectivity index (χ3n) is 3.09. The summed E-state index contributed by atoms with van der Waals surface area (Å²) in [5, 5.41) is 18.5. The molecule has 0 heterocycles. The van der Waals surface area contributed by atoms with Crippen molar-refractivity contribution in [2.24, 2.45) is 5.73 Å². The standard InChI is InChI=1S/C12H17NO6/c1-11(13)8(9(14)15)4-3-5-12(11,10(16)17)19-7-6-18-2/h3-5H,6-7,13H2,1-2H3,(H,14,15)(H,16,17). The number of rotatable bonds is 6. The summed E-state index contributed by atoms with van der Waals surface area (Å²) in [5.74, 6) is -2.63. The molecule has 106 valence electrons. The molecular weight excluding hydrogens is 254 g/mol. The fraction of sp³-hybridized carbons (Fsp3) is 0.500. The van der Waals surface area contributed by atoms with Gasteiger partial charge in [-0.25, -0.2) is 9.59 Å². The van der Waals surface area contributed by atoms with E-state index >= 15 is 0 Å². The van der Waals surface area contributed by atoms with Gasteiger partial charge in [-0.05, 0) is 19.1 Å². The van der Waals surface area contributed by atoms with Crippen molar-refractivity contribution >= 4 is 11.9 Å². The Balaban J connectivity index is 3.18. The van der Waals surface area contributed by atoms with E-state index in [-0.39, 0.29) is 18.8 Å². The second-order valence-corrected chi connectivity index (χ2v) is 4.33. The second kappa shape index (κ2) is 5.52. The van der Waals surface area contributed by atoms with Crippen LogP contribution in [0.1, 0.15) is 6.92 Å². The molecule has 1 aliphatic carbocycles. The van der Waals surface area contributed by atoms with Gasteiger partial charge in [-0.2, -0.15) is 0 Å². The molecule has 4 N–H and O–H groups in total. The van der Waals surface area contributed by atoms with Crippen LogP contribution in [0.15, 0.2) is 23.8 Å². The van der Waals surface area contributed by atoms with Crippen molar-refractivity contribution in [2.75, 3.05) is 20.3 Å². The van der Waals surface area contributed by atoms with Gasteiger partial charge in [0.1, 0.15) is 0 Å². The summed E-state index contributed by atoms with van der Waals surface area (Å²) in [5.41, 5.74) is 2.07. The number of nitrogens with two attached hydrogens (primary N) is 1. The molecule has 1 rings (SSSR count). The normalized spacial score (nSPS) is 29.9. The maximum atomic E-state index is 11.5. The average Bonchev–Trinajstić information content (AvgIpc) is 2.30. The van der Waals surface area contributed by atoms with Gasteiger partial charge in [0, 0.05) is 7.11 Å². The molecule has 7 heteroatoms. The highest BCUT2D eigenvalue weighted by molar-refractivity contribution is 5.95. The van der Waals surface area contributed by atoms with Gasteiger partial charge >= 0.3 is 11.9 Å². The van der Waals surface area contributed by atoms with E-state index in [1.807, 2.05) is 0 Å². The highest BCUT2D eigenvalue weighted by atomic mass is 16.6. The summed E-state index contributed by atoms with van der Waals surface area (Å²) in [6.45, 7) is 1.47. The number of carbonyl (C=O) groups is 2. The molecule has 0 spiro atoms. The summed E-state index contributed by atoms with van der Waals surface area (Å²) < 4.78 is 10.1. The first-order chi connectivity index (χ1) is 8.79. The Hall–Kier alpha value is -1.70. The third-order valence-corrected chi connectivity index (χ3v) is 3.09. The zero-order valence-corrected chi connectivity index (χ0v) is 10.8. The minimum Gasteiger partial charge on any atom is -0.479 e. The highest BCUT2D eigenvalue weighted by Gasteiger charge is 2.56. The number of allylic oxidation sites excluding steroid dienone is 2. The molecule has 1 aliphatic rings. The quantitative estimate of drug-likeness (QED) is 0.571. The molecule has 2 unspecified atom stereocenters. The summed E-state index contributed by atoms with van der Waals surface area (Å²) in [4.78, 5) is 22.7. The number of carboxylic acid groups (broad SMARTS) is 2. The molecule has 0 aromatic rings. The van der Waals surface area contributed by atoms with Crippen molar-refractivity contribution in [2.45, 2.75) is 18.1 Å². The number of ether oxygens (including phenoxy) is 2. The fourth-order valence-electron chi connectivity index (χ4n) is 1.96. The van der Waals surface area contributed by atoms with Crippen molar-refractivity contribution in [1.82, 2.24) is 0 Å². The Bertz CT molecular complexity index is 440. The van der Waals surface area contributed by atoms with Gasteiger partial charge in [-0.15, -0.1) is 0 Å². The van der Waals surface area contributed by atoms with E-state index in [4.69, 9.17) is 20.3 Å². The van der Waals surface area contributed by atoms with Gasteiger partial charge in [0.05, 0.1) is 24.3 Å². The molecule has 0 radical (unpaired) electrons. The van der Waals surface area contributed by atoms with Crippen molar-refractivity contribution in [3.8, 4) is 0 Å². The Kier molecular flexibility index (Phi) is 4.46. The molecule has 0 amide bonds. The smallest absolute Gasteiger partial charge is 0.342 e. The first-order valence-electron chi connectivity index (χ1n) is 5.58. The fourth-order valence-corrected chi connectivity index (χ4v) is 1.96. The number of carboxylic acids is 2. The Morgan fingerprint density at radius 3 is 2.47 bits per heavy atom. The van der Waals surface area contributed by atoms with E-state index in [9.17, 15) is 14.7 Å². The topological polar surface area (TPSA) is 119 Å². The largest absolute Gasteiger partial charge is 0.479 e. The van der Waals surface area contributed by atoms with Crippen LogP contribution in [0.2, 0.25) is 0 Å². The SMILES string of the molecule is COCCOC1(C(=O)O)C=CC=C(C(=O)O)C1(C)N. The van der Waals surface area contributed by atoms with Crippen molar-refractivity contribution in [1.29, 1.82) is 0 Å². The maximum Gasteiger partial charge on any atom is 0.342 e. The lowest BCUT2D eigenvalue weighted by Crippen LogP contribution is -2.66. The summed E-state index contributed by atoms with van der Waals surface area (Å²) in [6.07, 6.45) is 3.83. The maximum absolute atomic E-state index is 11.5. The van der Waals surface area contributed by atoms with E-state index in [1.54, 1.807) is 0 Å². The van der Waals surface area contributed by atoms with E-state index < -0.39 is 23.1 Å². The molecule has 2 atom stereocenters. The lowest BCUT2D eigenvalue weighted by Gasteiger charge is -2.42. The van der Waals surface area contributed by atoms with Crippen molar-refractivity contribution < 1.29 is 29.3 Å². The molecular formula is C12H17NO6. The summed E-state index contributed by atoms with van der Waals surface area (Å²) in [7, 11) is 1.44. The number of methoxy groups -OCH3 is 1. The number of hydrogen-bond donors (Lipinski definition) is 3. The molecule has 0 aromatic carbocycles. The Morgan fingerprint density at radius 1 is 1.37 bits per heavy atom. The third kappa shape index (κ3) is 2.53. The van der Waals surface area contributed by atoms with Crippen LogP contribution in [0.25, 0.3) is 0 Å². The molecule has 0 bridgehead atoms. The average molecular weight is 271 g/mol. The molecule has 0 saturated carbocycles. The van der Waals surface area contributed by atoms with Gasteiger partial charge in [-0.3, -0.25) is 0 Å². The number of hydrogen-bond acceptors (Lipinski definition) is 5. The molecule has 0 saturated heterocycles. The minimum absolute atomic E-state index is 0.0210. The molecule has 7 nitrogen and oxygen atoms in total. The van der Waals surface area contributed by atoms with Crippen LogP contribution in [-0.4, -0.2) is 53.6 Å². The van der Waals surface area contributed by atoms with Crippen LogP contribution in [0.5, 0.6) is 0 Å².